The first-order valence-corrected chi connectivity index (χ1v) is 6.95. The van der Waals surface area contributed by atoms with Gasteiger partial charge in [0.1, 0.15) is 23.9 Å². The number of amides is 1. The van der Waals surface area contributed by atoms with Crippen molar-refractivity contribution >= 4 is 24.1 Å². The van der Waals surface area contributed by atoms with E-state index in [-0.39, 0.29) is 37.1 Å². The average molecular weight is 360 g/mol. The van der Waals surface area contributed by atoms with Crippen LogP contribution in [0.4, 0.5) is 5.82 Å². The highest BCUT2D eigenvalue weighted by molar-refractivity contribution is 5.89. The van der Waals surface area contributed by atoms with Crippen LogP contribution in [0.3, 0.4) is 0 Å². The van der Waals surface area contributed by atoms with Gasteiger partial charge in [-0.3, -0.25) is 9.36 Å². The summed E-state index contributed by atoms with van der Waals surface area (Å²) in [6.07, 6.45) is -1.85. The number of carbonyl (C=O) groups excluding carboxylic acids is 1. The molecule has 1 aromatic rings. The second kappa shape index (κ2) is 8.72. The number of aromatic nitrogens is 2. The lowest BCUT2D eigenvalue weighted by Gasteiger charge is -2.16. The second-order valence-corrected chi connectivity index (χ2v) is 4.98. The van der Waals surface area contributed by atoms with Gasteiger partial charge in [-0.25, -0.2) is 4.79 Å². The molecular formula is C13H18ClN5O5. The fourth-order valence-corrected chi connectivity index (χ4v) is 2.29. The van der Waals surface area contributed by atoms with E-state index in [1.54, 1.807) is 0 Å². The third-order valence-electron chi connectivity index (χ3n) is 3.44. The van der Waals surface area contributed by atoms with Crippen molar-refractivity contribution in [2.75, 3.05) is 18.5 Å². The molecule has 2 rings (SSSR count). The molecule has 11 heteroatoms. The number of nitrogens with zero attached hydrogens (tertiary/aromatic N) is 3. The number of ether oxygens (including phenoxy) is 1. The number of aliphatic hydroxyl groups is 2. The van der Waals surface area contributed by atoms with Crippen LogP contribution in [0.2, 0.25) is 0 Å². The van der Waals surface area contributed by atoms with Gasteiger partial charge in [0.25, 0.3) is 0 Å². The number of nitrogens with two attached hydrogens (primary N) is 1. The molecule has 1 aromatic heterocycles. The number of carbonyl (C=O) groups is 1. The van der Waals surface area contributed by atoms with Crippen molar-refractivity contribution in [2.45, 2.75) is 24.9 Å². The van der Waals surface area contributed by atoms with E-state index in [4.69, 9.17) is 20.8 Å². The number of nitriles is 1. The number of nitrogens with one attached hydrogen (secondary N) is 1. The van der Waals surface area contributed by atoms with Gasteiger partial charge >= 0.3 is 5.69 Å². The Morgan fingerprint density at radius 1 is 1.58 bits per heavy atom. The van der Waals surface area contributed by atoms with Gasteiger partial charge in [0.2, 0.25) is 5.91 Å². The third-order valence-corrected chi connectivity index (χ3v) is 3.44. The normalized spacial score (nSPS) is 25.6. The highest BCUT2D eigenvalue weighted by Gasteiger charge is 2.45. The lowest BCUT2D eigenvalue weighted by Crippen LogP contribution is -2.32. The number of halogens is 1. The first-order chi connectivity index (χ1) is 11.0. The van der Waals surface area contributed by atoms with Crippen molar-refractivity contribution in [3.63, 3.8) is 0 Å². The fraction of sp³-hybridized carbons (Fsp3) is 0.538. The van der Waals surface area contributed by atoms with Gasteiger partial charge in [0.15, 0.2) is 6.23 Å². The Kier molecular flexibility index (Phi) is 7.27. The standard InChI is InChI=1S/C13H17N5O5.ClH/c14-3-1-10(20)16-9-2-4-18(13(22)17-9)12-7(5-15)11(21)8(6-19)23-12;/h2,4,7-8,11-12,19,21H,1,3,6,14H2,(H,16,17,20,22);1H/t7-,8+,11-,12+;/m0./s1. The Balaban J connectivity index is 0.00000288. The maximum atomic E-state index is 12.1. The van der Waals surface area contributed by atoms with Crippen LogP contribution in [-0.2, 0) is 9.53 Å². The minimum absolute atomic E-state index is 0. The van der Waals surface area contributed by atoms with E-state index >= 15 is 0 Å². The van der Waals surface area contributed by atoms with E-state index in [0.717, 1.165) is 4.57 Å². The molecule has 2 heterocycles. The summed E-state index contributed by atoms with van der Waals surface area (Å²) in [7, 11) is 0. The fourth-order valence-electron chi connectivity index (χ4n) is 2.29. The molecule has 0 spiro atoms. The van der Waals surface area contributed by atoms with Crippen molar-refractivity contribution in [2.24, 2.45) is 11.7 Å². The maximum absolute atomic E-state index is 12.1. The Labute approximate surface area is 143 Å². The predicted molar refractivity (Wildman–Crippen MR) is 84.2 cm³/mol. The van der Waals surface area contributed by atoms with Gasteiger partial charge in [-0.15, -0.1) is 12.4 Å². The van der Waals surface area contributed by atoms with Crippen molar-refractivity contribution in [3.8, 4) is 6.07 Å². The number of hydrogen-bond acceptors (Lipinski definition) is 8. The minimum atomic E-state index is -1.22. The molecule has 0 saturated carbocycles. The van der Waals surface area contributed by atoms with Crippen molar-refractivity contribution in [1.82, 2.24) is 9.55 Å². The number of aliphatic hydroxyl groups excluding tert-OH is 2. The Hall–Kier alpha value is -2.03. The molecule has 1 fully saturated rings. The van der Waals surface area contributed by atoms with E-state index in [1.807, 2.05) is 6.07 Å². The van der Waals surface area contributed by atoms with Crippen molar-refractivity contribution in [3.05, 3.63) is 22.7 Å². The predicted octanol–water partition coefficient (Wildman–Crippen LogP) is -1.66. The van der Waals surface area contributed by atoms with Crippen molar-refractivity contribution in [1.29, 1.82) is 5.26 Å². The maximum Gasteiger partial charge on any atom is 0.351 e. The minimum Gasteiger partial charge on any atom is -0.394 e. The highest BCUT2D eigenvalue weighted by atomic mass is 35.5. The van der Waals surface area contributed by atoms with Crippen LogP contribution >= 0.6 is 12.4 Å². The molecule has 1 aliphatic rings. The second-order valence-electron chi connectivity index (χ2n) is 4.98. The molecule has 4 atom stereocenters. The summed E-state index contributed by atoms with van der Waals surface area (Å²) in [6.45, 7) is -0.311. The molecular weight excluding hydrogens is 342 g/mol. The van der Waals surface area contributed by atoms with E-state index in [0.29, 0.717) is 0 Å². The molecule has 1 saturated heterocycles. The van der Waals surface area contributed by atoms with Crippen LogP contribution in [-0.4, -0.2) is 51.0 Å². The number of hydrogen-bond donors (Lipinski definition) is 4. The molecule has 1 aliphatic heterocycles. The van der Waals surface area contributed by atoms with Crippen LogP contribution in [0.5, 0.6) is 0 Å². The molecule has 0 bridgehead atoms. The SMILES string of the molecule is Cl.N#C[C@H]1[C@H](O)[C@@H](CO)O[C@H]1n1ccc(NC(=O)CCN)nc1=O. The smallest absolute Gasteiger partial charge is 0.351 e. The van der Waals surface area contributed by atoms with Crippen LogP contribution < -0.4 is 16.7 Å². The summed E-state index contributed by atoms with van der Waals surface area (Å²) in [6, 6.07) is 3.23. The average Bonchev–Trinajstić information content (AvgIpc) is 2.83. The molecule has 1 amide bonds. The Morgan fingerprint density at radius 3 is 2.83 bits per heavy atom. The van der Waals surface area contributed by atoms with Gasteiger partial charge in [-0.2, -0.15) is 10.2 Å². The zero-order valence-electron chi connectivity index (χ0n) is 12.5. The van der Waals surface area contributed by atoms with E-state index in [2.05, 4.69) is 10.3 Å². The molecule has 24 heavy (non-hydrogen) atoms. The number of rotatable bonds is 5. The van der Waals surface area contributed by atoms with Crippen LogP contribution in [0.1, 0.15) is 12.6 Å². The Morgan fingerprint density at radius 2 is 2.29 bits per heavy atom. The summed E-state index contributed by atoms with van der Waals surface area (Å²) in [5.74, 6) is -1.35. The summed E-state index contributed by atoms with van der Waals surface area (Å²) in [4.78, 5) is 27.2. The van der Waals surface area contributed by atoms with Crippen LogP contribution in [0.25, 0.3) is 0 Å². The van der Waals surface area contributed by atoms with Gasteiger partial charge in [0, 0.05) is 19.2 Å². The molecule has 0 unspecified atom stereocenters. The summed E-state index contributed by atoms with van der Waals surface area (Å²) in [5, 5.41) is 30.6. The Bertz CT molecular complexity index is 675. The monoisotopic (exact) mass is 359 g/mol. The number of anilines is 1. The summed E-state index contributed by atoms with van der Waals surface area (Å²) < 4.78 is 6.38. The molecule has 0 aliphatic carbocycles. The first kappa shape index (κ1) is 20.0. The zero-order valence-corrected chi connectivity index (χ0v) is 13.3. The molecule has 5 N–H and O–H groups in total. The van der Waals surface area contributed by atoms with E-state index in [9.17, 15) is 14.7 Å². The summed E-state index contributed by atoms with van der Waals surface area (Å²) >= 11 is 0. The molecule has 0 radical (unpaired) electrons. The third kappa shape index (κ3) is 4.08. The van der Waals surface area contributed by atoms with Crippen molar-refractivity contribution < 1.29 is 19.7 Å². The molecule has 10 nitrogen and oxygen atoms in total. The zero-order chi connectivity index (χ0) is 17.0. The van der Waals surface area contributed by atoms with Gasteiger partial charge in [-0.05, 0) is 6.07 Å². The van der Waals surface area contributed by atoms with Gasteiger partial charge in [-0.1, -0.05) is 0 Å². The first-order valence-electron chi connectivity index (χ1n) is 6.95. The largest absolute Gasteiger partial charge is 0.394 e. The highest BCUT2D eigenvalue weighted by Crippen LogP contribution is 2.33. The lowest BCUT2D eigenvalue weighted by atomic mass is 10.0. The summed E-state index contributed by atoms with van der Waals surface area (Å²) in [5.41, 5.74) is 4.49. The van der Waals surface area contributed by atoms with Gasteiger partial charge in [0.05, 0.1) is 12.7 Å². The quantitative estimate of drug-likeness (QED) is 0.485. The van der Waals surface area contributed by atoms with Gasteiger partial charge < -0.3 is 26.0 Å². The topological polar surface area (TPSA) is 163 Å². The molecule has 132 valence electrons. The van der Waals surface area contributed by atoms with E-state index < -0.39 is 36.7 Å². The van der Waals surface area contributed by atoms with Crippen LogP contribution in [0.15, 0.2) is 17.1 Å². The lowest BCUT2D eigenvalue weighted by molar-refractivity contribution is -0.116. The van der Waals surface area contributed by atoms with Crippen LogP contribution in [0, 0.1) is 17.2 Å². The molecule has 0 aromatic carbocycles. The van der Waals surface area contributed by atoms with E-state index in [1.165, 1.54) is 12.3 Å².